The number of fused-ring (bicyclic) bond motifs is 1. The first-order chi connectivity index (χ1) is 10.1. The molecule has 21 heavy (non-hydrogen) atoms. The van der Waals surface area contributed by atoms with Crippen molar-refractivity contribution in [3.8, 4) is 5.75 Å². The molecule has 2 heterocycles. The van der Waals surface area contributed by atoms with E-state index in [0.717, 1.165) is 10.3 Å². The smallest absolute Gasteiger partial charge is 0.258 e. The molecule has 0 aliphatic carbocycles. The first-order valence-electron chi connectivity index (χ1n) is 6.16. The van der Waals surface area contributed by atoms with Gasteiger partial charge in [-0.15, -0.1) is 0 Å². The van der Waals surface area contributed by atoms with E-state index in [1.54, 1.807) is 13.2 Å². The first-order valence-corrected chi connectivity index (χ1v) is 7.92. The number of nitrogens with zero attached hydrogens (tertiary/aromatic N) is 1. The van der Waals surface area contributed by atoms with Crippen LogP contribution in [0.5, 0.6) is 5.75 Å². The SMILES string of the molecule is COc1cc(N)cc2sc(NC(=O)c3cscc3C)nc12. The van der Waals surface area contributed by atoms with E-state index in [1.165, 1.54) is 22.7 Å². The van der Waals surface area contributed by atoms with E-state index in [4.69, 9.17) is 10.5 Å². The lowest BCUT2D eigenvalue weighted by Crippen LogP contribution is -2.11. The Hall–Kier alpha value is -2.12. The topological polar surface area (TPSA) is 77.2 Å². The van der Waals surface area contributed by atoms with Crippen LogP contribution in [0.15, 0.2) is 22.9 Å². The number of benzene rings is 1. The number of carbonyl (C=O) groups excluding carboxylic acids is 1. The number of hydrogen-bond acceptors (Lipinski definition) is 6. The lowest BCUT2D eigenvalue weighted by Gasteiger charge is -2.01. The molecule has 1 aromatic carbocycles. The van der Waals surface area contributed by atoms with Crippen molar-refractivity contribution in [3.63, 3.8) is 0 Å². The standard InChI is InChI=1S/C14H13N3O2S2/c1-7-5-20-6-9(7)13(18)17-14-16-12-10(19-2)3-8(15)4-11(12)21-14/h3-6H,15H2,1-2H3,(H,16,17,18). The van der Waals surface area contributed by atoms with Gasteiger partial charge in [-0.3, -0.25) is 10.1 Å². The van der Waals surface area contributed by atoms with Crippen molar-refractivity contribution < 1.29 is 9.53 Å². The predicted molar refractivity (Wildman–Crippen MR) is 87.6 cm³/mol. The predicted octanol–water partition coefficient (Wildman–Crippen LogP) is 3.51. The lowest BCUT2D eigenvalue weighted by molar-refractivity contribution is 0.102. The van der Waals surface area contributed by atoms with Gasteiger partial charge < -0.3 is 10.5 Å². The maximum absolute atomic E-state index is 12.2. The number of nitrogens with one attached hydrogen (secondary N) is 1. The Labute approximate surface area is 129 Å². The Bertz CT molecular complexity index is 823. The largest absolute Gasteiger partial charge is 0.494 e. The third-order valence-corrected chi connectivity index (χ3v) is 4.80. The Morgan fingerprint density at radius 3 is 2.86 bits per heavy atom. The van der Waals surface area contributed by atoms with Gasteiger partial charge in [0.05, 0.1) is 17.4 Å². The second kappa shape index (κ2) is 5.34. The van der Waals surface area contributed by atoms with E-state index in [1.807, 2.05) is 23.8 Å². The summed E-state index contributed by atoms with van der Waals surface area (Å²) in [7, 11) is 1.57. The van der Waals surface area contributed by atoms with Gasteiger partial charge in [0.2, 0.25) is 0 Å². The number of aryl methyl sites for hydroxylation is 1. The number of nitrogen functional groups attached to an aromatic ring is 1. The maximum Gasteiger partial charge on any atom is 0.258 e. The number of amides is 1. The van der Waals surface area contributed by atoms with E-state index in [-0.39, 0.29) is 5.91 Å². The Morgan fingerprint density at radius 2 is 2.19 bits per heavy atom. The molecule has 0 fully saturated rings. The minimum Gasteiger partial charge on any atom is -0.494 e. The van der Waals surface area contributed by atoms with Crippen LogP contribution in [0.25, 0.3) is 10.2 Å². The third-order valence-electron chi connectivity index (χ3n) is 3.02. The van der Waals surface area contributed by atoms with Crippen LogP contribution in [0, 0.1) is 6.92 Å². The van der Waals surface area contributed by atoms with Crippen molar-refractivity contribution in [2.75, 3.05) is 18.2 Å². The second-order valence-corrected chi connectivity index (χ2v) is 6.29. The summed E-state index contributed by atoms with van der Waals surface area (Å²) >= 11 is 2.88. The molecule has 1 amide bonds. The molecule has 0 spiro atoms. The number of aromatic nitrogens is 1. The molecule has 2 aromatic heterocycles. The minimum atomic E-state index is -0.153. The van der Waals surface area contributed by atoms with E-state index >= 15 is 0 Å². The van der Waals surface area contributed by atoms with E-state index in [2.05, 4.69) is 10.3 Å². The van der Waals surface area contributed by atoms with Crippen LogP contribution in [-0.4, -0.2) is 18.0 Å². The van der Waals surface area contributed by atoms with Gasteiger partial charge in [-0.05, 0) is 23.9 Å². The van der Waals surface area contributed by atoms with Crippen LogP contribution in [0.2, 0.25) is 0 Å². The second-order valence-electron chi connectivity index (χ2n) is 4.51. The van der Waals surface area contributed by atoms with Crippen LogP contribution in [0.3, 0.4) is 0 Å². The molecule has 0 aliphatic heterocycles. The van der Waals surface area contributed by atoms with Gasteiger partial charge >= 0.3 is 0 Å². The molecule has 0 unspecified atom stereocenters. The zero-order valence-corrected chi connectivity index (χ0v) is 13.1. The number of ether oxygens (including phenoxy) is 1. The minimum absolute atomic E-state index is 0.153. The molecular weight excluding hydrogens is 306 g/mol. The van der Waals surface area contributed by atoms with Gasteiger partial charge in [0, 0.05) is 17.1 Å². The molecule has 0 saturated heterocycles. The van der Waals surface area contributed by atoms with E-state index in [9.17, 15) is 4.79 Å². The van der Waals surface area contributed by atoms with Gasteiger partial charge in [-0.25, -0.2) is 4.98 Å². The summed E-state index contributed by atoms with van der Waals surface area (Å²) in [6, 6.07) is 3.54. The molecule has 5 nitrogen and oxygen atoms in total. The van der Waals surface area contributed by atoms with Gasteiger partial charge in [-0.2, -0.15) is 11.3 Å². The van der Waals surface area contributed by atoms with Gasteiger partial charge in [0.1, 0.15) is 11.3 Å². The summed E-state index contributed by atoms with van der Waals surface area (Å²) in [5.41, 5.74) is 8.76. The Kier molecular flexibility index (Phi) is 3.52. The summed E-state index contributed by atoms with van der Waals surface area (Å²) in [5.74, 6) is 0.452. The molecule has 0 atom stereocenters. The number of hydrogen-bond donors (Lipinski definition) is 2. The molecule has 7 heteroatoms. The van der Waals surface area contributed by atoms with Crippen LogP contribution in [0.1, 0.15) is 15.9 Å². The number of methoxy groups -OCH3 is 1. The van der Waals surface area contributed by atoms with Gasteiger partial charge in [0.25, 0.3) is 5.91 Å². The van der Waals surface area contributed by atoms with Crippen molar-refractivity contribution in [1.82, 2.24) is 4.98 Å². The van der Waals surface area contributed by atoms with Crippen LogP contribution >= 0.6 is 22.7 Å². The summed E-state index contributed by atoms with van der Waals surface area (Å²) < 4.78 is 6.15. The Morgan fingerprint density at radius 1 is 1.38 bits per heavy atom. The van der Waals surface area contributed by atoms with Crippen LogP contribution in [0.4, 0.5) is 10.8 Å². The zero-order chi connectivity index (χ0) is 15.0. The number of nitrogens with two attached hydrogens (primary N) is 1. The highest BCUT2D eigenvalue weighted by atomic mass is 32.1. The molecule has 0 bridgehead atoms. The fraction of sp³-hybridized carbons (Fsp3) is 0.143. The van der Waals surface area contributed by atoms with Gasteiger partial charge in [-0.1, -0.05) is 11.3 Å². The highest BCUT2D eigenvalue weighted by molar-refractivity contribution is 7.22. The van der Waals surface area contributed by atoms with Crippen molar-refractivity contribution in [3.05, 3.63) is 34.0 Å². The lowest BCUT2D eigenvalue weighted by atomic mass is 10.2. The molecule has 3 aromatic rings. The van der Waals surface area contributed by atoms with Gasteiger partial charge in [0.15, 0.2) is 5.13 Å². The van der Waals surface area contributed by atoms with E-state index in [0.29, 0.717) is 27.6 Å². The number of thiophene rings is 1. The molecular formula is C14H13N3O2S2. The maximum atomic E-state index is 12.2. The summed E-state index contributed by atoms with van der Waals surface area (Å²) in [4.78, 5) is 16.6. The molecule has 0 radical (unpaired) electrons. The normalized spacial score (nSPS) is 10.8. The molecule has 3 N–H and O–H groups in total. The number of anilines is 2. The Balaban J connectivity index is 1.95. The summed E-state index contributed by atoms with van der Waals surface area (Å²) in [5, 5.41) is 7.13. The van der Waals surface area contributed by atoms with Crippen molar-refractivity contribution in [2.45, 2.75) is 6.92 Å². The zero-order valence-electron chi connectivity index (χ0n) is 11.5. The highest BCUT2D eigenvalue weighted by Gasteiger charge is 2.14. The summed E-state index contributed by atoms with van der Waals surface area (Å²) in [6.07, 6.45) is 0. The molecule has 3 rings (SSSR count). The van der Waals surface area contributed by atoms with Crippen molar-refractivity contribution >= 4 is 49.6 Å². The molecule has 0 aliphatic rings. The monoisotopic (exact) mass is 319 g/mol. The van der Waals surface area contributed by atoms with Crippen molar-refractivity contribution in [1.29, 1.82) is 0 Å². The number of carbonyl (C=O) groups is 1. The fourth-order valence-electron chi connectivity index (χ4n) is 1.99. The van der Waals surface area contributed by atoms with Crippen LogP contribution in [-0.2, 0) is 0 Å². The number of rotatable bonds is 3. The highest BCUT2D eigenvalue weighted by Crippen LogP contribution is 2.34. The molecule has 108 valence electrons. The van der Waals surface area contributed by atoms with E-state index < -0.39 is 0 Å². The molecule has 0 saturated carbocycles. The number of thiazole rings is 1. The van der Waals surface area contributed by atoms with Crippen LogP contribution < -0.4 is 15.8 Å². The quantitative estimate of drug-likeness (QED) is 0.724. The summed E-state index contributed by atoms with van der Waals surface area (Å²) in [6.45, 7) is 1.91. The van der Waals surface area contributed by atoms with Crippen molar-refractivity contribution in [2.24, 2.45) is 0 Å². The average molecular weight is 319 g/mol. The fourth-order valence-corrected chi connectivity index (χ4v) is 3.74. The average Bonchev–Trinajstić information content (AvgIpc) is 3.03. The first kappa shape index (κ1) is 13.8. The third kappa shape index (κ3) is 2.57.